The molecule has 0 saturated carbocycles. The fraction of sp³-hybridized carbons (Fsp3) is 0.438. The minimum Gasteiger partial charge on any atom is -0.465 e. The van der Waals surface area contributed by atoms with E-state index in [4.69, 9.17) is 4.74 Å². The molecule has 3 heteroatoms. The van der Waals surface area contributed by atoms with Gasteiger partial charge < -0.3 is 9.47 Å². The van der Waals surface area contributed by atoms with E-state index < -0.39 is 0 Å². The van der Waals surface area contributed by atoms with Crippen LogP contribution in [0, 0.1) is 17.8 Å². The van der Waals surface area contributed by atoms with Crippen molar-refractivity contribution in [2.24, 2.45) is 5.92 Å². The van der Waals surface area contributed by atoms with Crippen LogP contribution in [0.25, 0.3) is 0 Å². The van der Waals surface area contributed by atoms with Crippen LogP contribution >= 0.6 is 0 Å². The lowest BCUT2D eigenvalue weighted by Crippen LogP contribution is -2.01. The molecule has 1 rings (SSSR count). The van der Waals surface area contributed by atoms with Gasteiger partial charge in [-0.15, -0.1) is 0 Å². The molecule has 1 aromatic rings. The number of esters is 1. The van der Waals surface area contributed by atoms with Crippen LogP contribution in [0.1, 0.15) is 35.7 Å². The van der Waals surface area contributed by atoms with Gasteiger partial charge in [-0.25, -0.2) is 4.79 Å². The highest BCUT2D eigenvalue weighted by molar-refractivity contribution is 5.89. The van der Waals surface area contributed by atoms with Crippen LogP contribution in [0.3, 0.4) is 0 Å². The summed E-state index contributed by atoms with van der Waals surface area (Å²) in [5, 5.41) is 0. The van der Waals surface area contributed by atoms with E-state index in [-0.39, 0.29) is 5.97 Å². The number of rotatable bonds is 5. The zero-order valence-corrected chi connectivity index (χ0v) is 11.7. The Bertz CT molecular complexity index is 451. The summed E-state index contributed by atoms with van der Waals surface area (Å²) < 4.78 is 9.71. The molecular formula is C16H20O3. The molecule has 0 aliphatic carbocycles. The Kier molecular flexibility index (Phi) is 6.70. The maximum Gasteiger partial charge on any atom is 0.337 e. The van der Waals surface area contributed by atoms with E-state index in [1.54, 1.807) is 19.2 Å². The van der Waals surface area contributed by atoms with Gasteiger partial charge in [0, 0.05) is 25.2 Å². The van der Waals surface area contributed by atoms with E-state index in [2.05, 4.69) is 23.5 Å². The first-order chi connectivity index (χ1) is 9.21. The van der Waals surface area contributed by atoms with E-state index in [0.29, 0.717) is 11.5 Å². The maximum absolute atomic E-state index is 11.3. The van der Waals surface area contributed by atoms with Gasteiger partial charge in [0.15, 0.2) is 0 Å². The Morgan fingerprint density at radius 3 is 2.47 bits per heavy atom. The molecular weight excluding hydrogens is 240 g/mol. The molecule has 1 unspecified atom stereocenters. The fourth-order valence-corrected chi connectivity index (χ4v) is 1.63. The van der Waals surface area contributed by atoms with Gasteiger partial charge in [0.1, 0.15) is 0 Å². The third-order valence-electron chi connectivity index (χ3n) is 2.89. The second kappa shape index (κ2) is 8.34. The Morgan fingerprint density at radius 2 is 1.95 bits per heavy atom. The standard InChI is InChI=1S/C16H20O3/c1-4-13(11-12-18-2)5-6-14-7-9-15(10-8-14)16(17)19-3/h7-10,13H,4,11-12H2,1-3H3. The van der Waals surface area contributed by atoms with Crippen LogP contribution in [-0.4, -0.2) is 26.8 Å². The first-order valence-corrected chi connectivity index (χ1v) is 6.40. The minimum absolute atomic E-state index is 0.328. The van der Waals surface area contributed by atoms with Crippen LogP contribution < -0.4 is 0 Å². The molecule has 1 aromatic carbocycles. The van der Waals surface area contributed by atoms with E-state index in [9.17, 15) is 4.79 Å². The van der Waals surface area contributed by atoms with Gasteiger partial charge in [-0.3, -0.25) is 0 Å². The summed E-state index contributed by atoms with van der Waals surface area (Å²) in [6.45, 7) is 2.85. The molecule has 0 aliphatic rings. The first kappa shape index (κ1) is 15.3. The van der Waals surface area contributed by atoms with Crippen molar-refractivity contribution in [1.29, 1.82) is 0 Å². The van der Waals surface area contributed by atoms with Gasteiger partial charge in [-0.2, -0.15) is 0 Å². The average Bonchev–Trinajstić information content (AvgIpc) is 2.47. The molecule has 0 aromatic heterocycles. The molecule has 3 nitrogen and oxygen atoms in total. The Labute approximate surface area is 114 Å². The molecule has 0 fully saturated rings. The fourth-order valence-electron chi connectivity index (χ4n) is 1.63. The maximum atomic E-state index is 11.3. The number of hydrogen-bond acceptors (Lipinski definition) is 3. The second-order valence-electron chi connectivity index (χ2n) is 4.22. The number of benzene rings is 1. The highest BCUT2D eigenvalue weighted by atomic mass is 16.5. The van der Waals surface area contributed by atoms with Crippen molar-refractivity contribution in [2.75, 3.05) is 20.8 Å². The van der Waals surface area contributed by atoms with Gasteiger partial charge >= 0.3 is 5.97 Å². The normalized spacial score (nSPS) is 11.3. The van der Waals surface area contributed by atoms with Crippen LogP contribution in [-0.2, 0) is 9.47 Å². The third kappa shape index (κ3) is 5.15. The van der Waals surface area contributed by atoms with Gasteiger partial charge in [0.25, 0.3) is 0 Å². The monoisotopic (exact) mass is 260 g/mol. The largest absolute Gasteiger partial charge is 0.465 e. The Hall–Kier alpha value is -1.79. The molecule has 102 valence electrons. The molecule has 0 heterocycles. The number of ether oxygens (including phenoxy) is 2. The zero-order valence-electron chi connectivity index (χ0n) is 11.7. The minimum atomic E-state index is -0.328. The summed E-state index contributed by atoms with van der Waals surface area (Å²) in [6.07, 6.45) is 1.96. The Morgan fingerprint density at radius 1 is 1.26 bits per heavy atom. The molecule has 0 N–H and O–H groups in total. The number of hydrogen-bond donors (Lipinski definition) is 0. The SMILES string of the molecule is CCC(C#Cc1ccc(C(=O)OC)cc1)CCOC. The number of methoxy groups -OCH3 is 2. The average molecular weight is 260 g/mol. The summed E-state index contributed by atoms with van der Waals surface area (Å²) in [4.78, 5) is 11.3. The Balaban J connectivity index is 2.69. The quantitative estimate of drug-likeness (QED) is 0.603. The summed E-state index contributed by atoms with van der Waals surface area (Å²) >= 11 is 0. The summed E-state index contributed by atoms with van der Waals surface area (Å²) in [5.74, 6) is 6.39. The van der Waals surface area contributed by atoms with E-state index in [0.717, 1.165) is 25.0 Å². The molecule has 0 amide bonds. The van der Waals surface area contributed by atoms with Crippen molar-refractivity contribution >= 4 is 5.97 Å². The zero-order chi connectivity index (χ0) is 14.1. The molecule has 0 spiro atoms. The predicted molar refractivity (Wildman–Crippen MR) is 74.9 cm³/mol. The van der Waals surface area contributed by atoms with Crippen LogP contribution in [0.2, 0.25) is 0 Å². The molecule has 0 aliphatic heterocycles. The van der Waals surface area contributed by atoms with Gasteiger partial charge in [0.05, 0.1) is 12.7 Å². The molecule has 1 atom stereocenters. The lowest BCUT2D eigenvalue weighted by molar-refractivity contribution is 0.0600. The summed E-state index contributed by atoms with van der Waals surface area (Å²) in [5.41, 5.74) is 1.45. The van der Waals surface area contributed by atoms with Crippen molar-refractivity contribution in [3.63, 3.8) is 0 Å². The van der Waals surface area contributed by atoms with Gasteiger partial charge in [-0.05, 0) is 37.1 Å². The van der Waals surface area contributed by atoms with Crippen LogP contribution in [0.5, 0.6) is 0 Å². The lowest BCUT2D eigenvalue weighted by atomic mass is 10.0. The van der Waals surface area contributed by atoms with Crippen LogP contribution in [0.4, 0.5) is 0 Å². The summed E-state index contributed by atoms with van der Waals surface area (Å²) in [6, 6.07) is 7.13. The van der Waals surface area contributed by atoms with E-state index >= 15 is 0 Å². The van der Waals surface area contributed by atoms with E-state index in [1.807, 2.05) is 12.1 Å². The molecule has 0 radical (unpaired) electrons. The van der Waals surface area contributed by atoms with Crippen molar-refractivity contribution in [1.82, 2.24) is 0 Å². The number of carbonyl (C=O) groups is 1. The van der Waals surface area contributed by atoms with Crippen molar-refractivity contribution in [3.05, 3.63) is 35.4 Å². The molecule has 0 bridgehead atoms. The van der Waals surface area contributed by atoms with Crippen molar-refractivity contribution in [3.8, 4) is 11.8 Å². The molecule has 0 saturated heterocycles. The highest BCUT2D eigenvalue weighted by Gasteiger charge is 2.04. The second-order valence-corrected chi connectivity index (χ2v) is 4.22. The smallest absolute Gasteiger partial charge is 0.337 e. The van der Waals surface area contributed by atoms with Gasteiger partial charge in [0.2, 0.25) is 0 Å². The van der Waals surface area contributed by atoms with E-state index in [1.165, 1.54) is 7.11 Å². The number of carbonyl (C=O) groups excluding carboxylic acids is 1. The van der Waals surface area contributed by atoms with Crippen molar-refractivity contribution in [2.45, 2.75) is 19.8 Å². The van der Waals surface area contributed by atoms with Crippen molar-refractivity contribution < 1.29 is 14.3 Å². The highest BCUT2D eigenvalue weighted by Crippen LogP contribution is 2.08. The topological polar surface area (TPSA) is 35.5 Å². The first-order valence-electron chi connectivity index (χ1n) is 6.40. The van der Waals surface area contributed by atoms with Crippen LogP contribution in [0.15, 0.2) is 24.3 Å². The lowest BCUT2D eigenvalue weighted by Gasteiger charge is -2.05. The molecule has 19 heavy (non-hydrogen) atoms. The van der Waals surface area contributed by atoms with Gasteiger partial charge in [-0.1, -0.05) is 18.8 Å². The third-order valence-corrected chi connectivity index (χ3v) is 2.89. The summed E-state index contributed by atoms with van der Waals surface area (Å²) in [7, 11) is 3.07. The predicted octanol–water partition coefficient (Wildman–Crippen LogP) is 2.89.